The molecule has 1 aliphatic heterocycles. The zero-order valence-corrected chi connectivity index (χ0v) is 4.71. The first-order valence-corrected chi connectivity index (χ1v) is 2.66. The van der Waals surface area contributed by atoms with Gasteiger partial charge in [-0.25, -0.2) is 0 Å². The maximum atomic E-state index is 4.81. The van der Waals surface area contributed by atoms with Crippen LogP contribution in [0.25, 0.3) is 0 Å². The summed E-state index contributed by atoms with van der Waals surface area (Å²) in [5, 5.41) is 3.61. The molecule has 0 fully saturated rings. The molecular formula is C4H5NOS. The number of rotatable bonds is 1. The van der Waals surface area contributed by atoms with Crippen molar-refractivity contribution in [2.75, 3.05) is 7.11 Å². The number of thioether (sulfide) groups is 1. The summed E-state index contributed by atoms with van der Waals surface area (Å²) in [7, 11) is 1.63. The number of nitrogens with one attached hydrogen (secondary N) is 1. The van der Waals surface area contributed by atoms with Gasteiger partial charge in [0, 0.05) is 6.20 Å². The molecular weight excluding hydrogens is 110 g/mol. The number of hydrogen-bond acceptors (Lipinski definition) is 3. The molecule has 3 heteroatoms. The minimum atomic E-state index is 0.861. The van der Waals surface area contributed by atoms with Gasteiger partial charge in [-0.3, -0.25) is 0 Å². The summed E-state index contributed by atoms with van der Waals surface area (Å²) < 4.78 is 4.81. The van der Waals surface area contributed by atoms with E-state index in [0.717, 1.165) is 5.09 Å². The summed E-state index contributed by atoms with van der Waals surface area (Å²) in [5.74, 6) is 2.77. The highest BCUT2D eigenvalue weighted by atomic mass is 32.2. The molecule has 38 valence electrons. The normalized spacial score (nSPS) is 18.1. The second-order valence-corrected chi connectivity index (χ2v) is 1.83. The summed E-state index contributed by atoms with van der Waals surface area (Å²) in [6.07, 6.45) is 1.75. The molecule has 1 aliphatic rings. The molecule has 2 nitrogen and oxygen atoms in total. The van der Waals surface area contributed by atoms with E-state index in [4.69, 9.17) is 4.74 Å². The SMILES string of the molecule is COC1=CN[C]S1. The van der Waals surface area contributed by atoms with Crippen molar-refractivity contribution in [2.45, 2.75) is 0 Å². The molecule has 0 saturated carbocycles. The maximum Gasteiger partial charge on any atom is 0.170 e. The summed E-state index contributed by atoms with van der Waals surface area (Å²) in [6.45, 7) is 0. The molecule has 0 bridgehead atoms. The Morgan fingerprint density at radius 3 is 3.14 bits per heavy atom. The fraction of sp³-hybridized carbons (Fsp3) is 0.250. The van der Waals surface area contributed by atoms with Crippen molar-refractivity contribution >= 4 is 11.8 Å². The Kier molecular flexibility index (Phi) is 1.46. The second-order valence-electron chi connectivity index (χ2n) is 1.02. The van der Waals surface area contributed by atoms with Crippen molar-refractivity contribution in [2.24, 2.45) is 0 Å². The van der Waals surface area contributed by atoms with E-state index < -0.39 is 0 Å². The van der Waals surface area contributed by atoms with Gasteiger partial charge in [0.25, 0.3) is 0 Å². The van der Waals surface area contributed by atoms with E-state index in [0.29, 0.717) is 0 Å². The van der Waals surface area contributed by atoms with Gasteiger partial charge >= 0.3 is 0 Å². The van der Waals surface area contributed by atoms with Crippen LogP contribution in [0.3, 0.4) is 0 Å². The van der Waals surface area contributed by atoms with E-state index >= 15 is 0 Å². The highest BCUT2D eigenvalue weighted by Crippen LogP contribution is 2.21. The van der Waals surface area contributed by atoms with E-state index in [-0.39, 0.29) is 0 Å². The van der Waals surface area contributed by atoms with E-state index in [9.17, 15) is 0 Å². The summed E-state index contributed by atoms with van der Waals surface area (Å²) >= 11 is 1.42. The molecule has 1 heterocycles. The zero-order chi connectivity index (χ0) is 5.11. The van der Waals surface area contributed by atoms with Gasteiger partial charge in [-0.05, 0) is 0 Å². The van der Waals surface area contributed by atoms with E-state index in [1.54, 1.807) is 13.3 Å². The number of methoxy groups -OCH3 is 1. The third kappa shape index (κ3) is 1.03. The lowest BCUT2D eigenvalue weighted by molar-refractivity contribution is 0.324. The standard InChI is InChI=1S/C4H5NOS/c1-6-4-2-5-3-7-4/h2,5H,1H3. The van der Waals surface area contributed by atoms with E-state index in [2.05, 4.69) is 11.2 Å². The minimum absolute atomic E-state index is 0.861. The van der Waals surface area contributed by atoms with Crippen LogP contribution in [0.5, 0.6) is 0 Å². The van der Waals surface area contributed by atoms with Crippen LogP contribution in [0.4, 0.5) is 0 Å². The Balaban J connectivity index is 2.36. The predicted octanol–water partition coefficient (Wildman–Crippen LogP) is 0.764. The highest BCUT2D eigenvalue weighted by molar-refractivity contribution is 8.04. The van der Waals surface area contributed by atoms with Crippen LogP contribution in [0.2, 0.25) is 0 Å². The van der Waals surface area contributed by atoms with E-state index in [1.807, 2.05) is 0 Å². The first-order chi connectivity index (χ1) is 3.43. The first-order valence-electron chi connectivity index (χ1n) is 1.85. The molecule has 2 radical (unpaired) electrons. The molecule has 0 atom stereocenters. The van der Waals surface area contributed by atoms with Crippen molar-refractivity contribution in [3.8, 4) is 0 Å². The number of hydrogen-bond donors (Lipinski definition) is 1. The van der Waals surface area contributed by atoms with Crippen molar-refractivity contribution in [1.82, 2.24) is 5.32 Å². The fourth-order valence-electron chi connectivity index (χ4n) is 0.298. The monoisotopic (exact) mass is 115 g/mol. The number of ether oxygens (including phenoxy) is 1. The molecule has 0 saturated heterocycles. The van der Waals surface area contributed by atoms with Crippen LogP contribution in [0.1, 0.15) is 0 Å². The lowest BCUT2D eigenvalue weighted by Crippen LogP contribution is -1.87. The molecule has 0 aromatic heterocycles. The van der Waals surface area contributed by atoms with Gasteiger partial charge in [0.2, 0.25) is 0 Å². The van der Waals surface area contributed by atoms with Gasteiger partial charge in [0.1, 0.15) is 0 Å². The second kappa shape index (κ2) is 2.12. The molecule has 0 aromatic rings. The summed E-state index contributed by atoms with van der Waals surface area (Å²) in [5.41, 5.74) is 0. The van der Waals surface area contributed by atoms with Crippen LogP contribution in [0.15, 0.2) is 11.3 Å². The molecule has 1 rings (SSSR count). The van der Waals surface area contributed by atoms with Crippen LogP contribution in [-0.4, -0.2) is 7.11 Å². The fourth-order valence-corrected chi connectivity index (χ4v) is 0.718. The average molecular weight is 115 g/mol. The van der Waals surface area contributed by atoms with Gasteiger partial charge in [-0.2, -0.15) is 0 Å². The van der Waals surface area contributed by atoms with Crippen LogP contribution in [-0.2, 0) is 4.74 Å². The van der Waals surface area contributed by atoms with Crippen molar-refractivity contribution in [3.63, 3.8) is 0 Å². The molecule has 0 aliphatic carbocycles. The third-order valence-electron chi connectivity index (χ3n) is 0.602. The van der Waals surface area contributed by atoms with Gasteiger partial charge < -0.3 is 10.1 Å². The van der Waals surface area contributed by atoms with Gasteiger partial charge in [0.05, 0.1) is 7.11 Å². The van der Waals surface area contributed by atoms with Gasteiger partial charge in [-0.15, -0.1) is 0 Å². The first kappa shape index (κ1) is 4.84. The lowest BCUT2D eigenvalue weighted by atomic mass is 10.9. The largest absolute Gasteiger partial charge is 0.489 e. The van der Waals surface area contributed by atoms with Crippen molar-refractivity contribution in [1.29, 1.82) is 0 Å². The summed E-state index contributed by atoms with van der Waals surface area (Å²) in [4.78, 5) is 0. The van der Waals surface area contributed by atoms with Crippen molar-refractivity contribution < 1.29 is 4.74 Å². The summed E-state index contributed by atoms with van der Waals surface area (Å²) in [6, 6.07) is 0. The molecule has 1 N–H and O–H groups in total. The van der Waals surface area contributed by atoms with Crippen LogP contribution >= 0.6 is 11.8 Å². The Hall–Kier alpha value is -0.310. The molecule has 7 heavy (non-hydrogen) atoms. The Labute approximate surface area is 46.9 Å². The minimum Gasteiger partial charge on any atom is -0.489 e. The van der Waals surface area contributed by atoms with Gasteiger partial charge in [-0.1, -0.05) is 11.8 Å². The molecule has 0 amide bonds. The van der Waals surface area contributed by atoms with Gasteiger partial charge in [0.15, 0.2) is 11.0 Å². The quantitative estimate of drug-likeness (QED) is 0.545. The lowest BCUT2D eigenvalue weighted by Gasteiger charge is -1.91. The highest BCUT2D eigenvalue weighted by Gasteiger charge is 2.02. The Bertz CT molecular complexity index is 91.7. The maximum absolute atomic E-state index is 4.81. The smallest absolute Gasteiger partial charge is 0.170 e. The van der Waals surface area contributed by atoms with Crippen LogP contribution in [0, 0.1) is 5.88 Å². The topological polar surface area (TPSA) is 21.3 Å². The third-order valence-corrected chi connectivity index (χ3v) is 1.31. The van der Waals surface area contributed by atoms with Crippen LogP contribution < -0.4 is 5.32 Å². The Morgan fingerprint density at radius 1 is 2.00 bits per heavy atom. The molecule has 0 unspecified atom stereocenters. The molecule has 0 spiro atoms. The predicted molar refractivity (Wildman–Crippen MR) is 29.1 cm³/mol. The molecule has 0 aromatic carbocycles. The Morgan fingerprint density at radius 2 is 2.86 bits per heavy atom. The van der Waals surface area contributed by atoms with Crippen molar-refractivity contribution in [3.05, 3.63) is 17.2 Å². The average Bonchev–Trinajstić information content (AvgIpc) is 2.14. The van der Waals surface area contributed by atoms with E-state index in [1.165, 1.54) is 11.8 Å². The zero-order valence-electron chi connectivity index (χ0n) is 3.89.